The molecule has 0 N–H and O–H groups in total. The maximum Gasteiger partial charge on any atom is 0.305 e. The van der Waals surface area contributed by atoms with Crippen molar-refractivity contribution in [2.45, 2.75) is 70.0 Å². The highest BCUT2D eigenvalue weighted by molar-refractivity contribution is 8.76. The average Bonchev–Trinajstić information content (AvgIpc) is 2.60. The number of rotatable bonds is 16. The Balaban J connectivity index is 3.59. The number of ether oxygens (including phenoxy) is 2. The van der Waals surface area contributed by atoms with E-state index >= 15 is 0 Å². The lowest BCUT2D eigenvalue weighted by atomic mass is 10.1. The van der Waals surface area contributed by atoms with Crippen molar-refractivity contribution in [1.82, 2.24) is 0 Å². The van der Waals surface area contributed by atoms with E-state index in [0.29, 0.717) is 38.5 Å². The van der Waals surface area contributed by atoms with Gasteiger partial charge in [0.05, 0.1) is 14.2 Å². The van der Waals surface area contributed by atoms with Gasteiger partial charge in [0.2, 0.25) is 0 Å². The molecule has 0 aromatic rings. The van der Waals surface area contributed by atoms with E-state index in [-0.39, 0.29) is 41.6 Å². The number of Topliss-reactive ketones (excluding diaryl/α,β-unsaturated/α-hetero) is 2. The highest BCUT2D eigenvalue weighted by Gasteiger charge is 2.11. The minimum atomic E-state index is -0.282. The molecule has 0 aliphatic carbocycles. The predicted molar refractivity (Wildman–Crippen MR) is 105 cm³/mol. The number of esters is 2. The molecule has 0 fully saturated rings. The van der Waals surface area contributed by atoms with Gasteiger partial charge in [0.25, 0.3) is 0 Å². The van der Waals surface area contributed by atoms with Crippen molar-refractivity contribution in [2.24, 2.45) is 0 Å². The first-order chi connectivity index (χ1) is 12.4. The molecule has 8 heteroatoms. The number of hydrogen-bond acceptors (Lipinski definition) is 8. The van der Waals surface area contributed by atoms with Crippen LogP contribution in [0.5, 0.6) is 0 Å². The molecule has 0 heterocycles. The maximum absolute atomic E-state index is 11.8. The van der Waals surface area contributed by atoms with E-state index in [9.17, 15) is 19.2 Å². The Kier molecular flexibility index (Phi) is 15.5. The monoisotopic (exact) mass is 406 g/mol. The van der Waals surface area contributed by atoms with E-state index in [2.05, 4.69) is 9.47 Å². The smallest absolute Gasteiger partial charge is 0.305 e. The fourth-order valence-corrected chi connectivity index (χ4v) is 4.53. The van der Waals surface area contributed by atoms with Crippen molar-refractivity contribution in [2.75, 3.05) is 20.0 Å². The Bertz CT molecular complexity index is 453. The topological polar surface area (TPSA) is 86.7 Å². The first-order valence-corrected chi connectivity index (χ1v) is 11.2. The van der Waals surface area contributed by atoms with Gasteiger partial charge in [-0.1, -0.05) is 28.5 Å². The van der Waals surface area contributed by atoms with Gasteiger partial charge in [-0.15, -0.1) is 0 Å². The molecule has 0 aromatic heterocycles. The number of methoxy groups -OCH3 is 2. The summed E-state index contributed by atoms with van der Waals surface area (Å²) in [7, 11) is 6.02. The molecule has 0 bridgehead atoms. The molecule has 1 unspecified atom stereocenters. The largest absolute Gasteiger partial charge is 0.469 e. The summed E-state index contributed by atoms with van der Waals surface area (Å²) in [6.45, 7) is 2.01. The van der Waals surface area contributed by atoms with Gasteiger partial charge in [0, 0.05) is 49.5 Å². The molecule has 150 valence electrons. The minimum absolute atomic E-state index is 0.162. The molecule has 0 saturated heterocycles. The molecule has 6 nitrogen and oxygen atoms in total. The average molecular weight is 407 g/mol. The molecular weight excluding hydrogens is 376 g/mol. The summed E-state index contributed by atoms with van der Waals surface area (Å²) in [4.78, 5) is 45.4. The molecule has 0 amide bonds. The van der Waals surface area contributed by atoms with E-state index in [1.807, 2.05) is 6.92 Å². The first kappa shape index (κ1) is 25.0. The second-order valence-electron chi connectivity index (χ2n) is 5.97. The first-order valence-electron chi connectivity index (χ1n) is 8.84. The van der Waals surface area contributed by atoms with Crippen molar-refractivity contribution in [3.8, 4) is 0 Å². The van der Waals surface area contributed by atoms with Gasteiger partial charge in [0.15, 0.2) is 0 Å². The van der Waals surface area contributed by atoms with E-state index in [0.717, 1.165) is 12.2 Å². The van der Waals surface area contributed by atoms with Gasteiger partial charge >= 0.3 is 11.9 Å². The van der Waals surface area contributed by atoms with Crippen molar-refractivity contribution in [3.63, 3.8) is 0 Å². The summed E-state index contributed by atoms with van der Waals surface area (Å²) >= 11 is 0. The Morgan fingerprint density at radius 2 is 1.27 bits per heavy atom. The summed E-state index contributed by atoms with van der Waals surface area (Å²) in [6.07, 6.45) is 4.30. The van der Waals surface area contributed by atoms with Crippen LogP contribution < -0.4 is 0 Å². The normalized spacial score (nSPS) is 11.7. The second kappa shape index (κ2) is 16.2. The molecular formula is C18H30O6S2. The predicted octanol–water partition coefficient (Wildman–Crippen LogP) is 3.75. The lowest BCUT2D eigenvalue weighted by Crippen LogP contribution is -2.08. The molecule has 0 aliphatic rings. The fraction of sp³-hybridized carbons (Fsp3) is 0.778. The maximum atomic E-state index is 11.8. The SMILES string of the molecule is COC(=O)CCCC(=O)CCCSSC(C)CC(=O)CCCC(=O)OC. The van der Waals surface area contributed by atoms with Crippen LogP contribution in [0.3, 0.4) is 0 Å². The molecule has 0 radical (unpaired) electrons. The summed E-state index contributed by atoms with van der Waals surface area (Å²) in [6, 6.07) is 0. The third-order valence-corrected chi connectivity index (χ3v) is 6.54. The van der Waals surface area contributed by atoms with E-state index in [1.54, 1.807) is 21.6 Å². The van der Waals surface area contributed by atoms with Gasteiger partial charge in [-0.3, -0.25) is 19.2 Å². The molecule has 1 atom stereocenters. The van der Waals surface area contributed by atoms with Crippen LogP contribution in [0.2, 0.25) is 0 Å². The Hall–Kier alpha value is -1.02. The van der Waals surface area contributed by atoms with Crippen LogP contribution in [-0.2, 0) is 28.7 Å². The standard InChI is InChI=1S/C18H30O6S2/c1-14(13-16(20)8-5-11-18(22)24-3)26-25-12-6-9-15(19)7-4-10-17(21)23-2/h14H,4-13H2,1-3H3. The Morgan fingerprint density at radius 1 is 0.769 bits per heavy atom. The van der Waals surface area contributed by atoms with Crippen molar-refractivity contribution < 1.29 is 28.7 Å². The number of hydrogen-bond donors (Lipinski definition) is 0. The van der Waals surface area contributed by atoms with Gasteiger partial charge in [-0.05, 0) is 19.3 Å². The number of ketones is 2. The van der Waals surface area contributed by atoms with Gasteiger partial charge in [-0.2, -0.15) is 0 Å². The fourth-order valence-electron chi connectivity index (χ4n) is 2.14. The zero-order chi connectivity index (χ0) is 19.8. The lowest BCUT2D eigenvalue weighted by molar-refractivity contribution is -0.141. The lowest BCUT2D eigenvalue weighted by Gasteiger charge is -2.09. The minimum Gasteiger partial charge on any atom is -0.469 e. The Labute approximate surface area is 163 Å². The second-order valence-corrected chi connectivity index (χ2v) is 8.90. The molecule has 26 heavy (non-hydrogen) atoms. The number of carbonyl (C=O) groups is 4. The highest BCUT2D eigenvalue weighted by Crippen LogP contribution is 2.30. The van der Waals surface area contributed by atoms with Crippen LogP contribution >= 0.6 is 21.6 Å². The van der Waals surface area contributed by atoms with Crippen LogP contribution in [0.15, 0.2) is 0 Å². The summed E-state index contributed by atoms with van der Waals surface area (Å²) in [5.74, 6) is 0.631. The zero-order valence-corrected chi connectivity index (χ0v) is 17.5. The third kappa shape index (κ3) is 15.3. The quantitative estimate of drug-likeness (QED) is 0.218. The van der Waals surface area contributed by atoms with E-state index < -0.39 is 0 Å². The van der Waals surface area contributed by atoms with E-state index in [1.165, 1.54) is 14.2 Å². The third-order valence-electron chi connectivity index (χ3n) is 3.56. The van der Waals surface area contributed by atoms with E-state index in [4.69, 9.17) is 0 Å². The highest BCUT2D eigenvalue weighted by atomic mass is 33.1. The summed E-state index contributed by atoms with van der Waals surface area (Å²) < 4.78 is 9.07. The summed E-state index contributed by atoms with van der Waals surface area (Å²) in [5.41, 5.74) is 0. The van der Waals surface area contributed by atoms with Crippen LogP contribution in [0, 0.1) is 0 Å². The van der Waals surface area contributed by atoms with Crippen LogP contribution in [0.25, 0.3) is 0 Å². The van der Waals surface area contributed by atoms with Crippen LogP contribution in [0.4, 0.5) is 0 Å². The van der Waals surface area contributed by atoms with Crippen LogP contribution in [0.1, 0.15) is 64.7 Å². The van der Waals surface area contributed by atoms with Crippen molar-refractivity contribution in [1.29, 1.82) is 0 Å². The van der Waals surface area contributed by atoms with Crippen LogP contribution in [-0.4, -0.2) is 48.7 Å². The Morgan fingerprint density at radius 3 is 1.81 bits per heavy atom. The molecule has 0 aliphatic heterocycles. The zero-order valence-electron chi connectivity index (χ0n) is 15.9. The van der Waals surface area contributed by atoms with Crippen molar-refractivity contribution >= 4 is 45.1 Å². The van der Waals surface area contributed by atoms with Gasteiger partial charge in [0.1, 0.15) is 11.6 Å². The molecule has 0 rings (SSSR count). The number of carbonyl (C=O) groups excluding carboxylic acids is 4. The molecule has 0 aromatic carbocycles. The molecule has 0 saturated carbocycles. The molecule has 0 spiro atoms. The van der Waals surface area contributed by atoms with Gasteiger partial charge < -0.3 is 9.47 Å². The van der Waals surface area contributed by atoms with Crippen molar-refractivity contribution in [3.05, 3.63) is 0 Å². The van der Waals surface area contributed by atoms with Gasteiger partial charge in [-0.25, -0.2) is 0 Å². The summed E-state index contributed by atoms with van der Waals surface area (Å²) in [5, 5.41) is 0.210.